The maximum atomic E-state index is 11.4. The molecule has 0 bridgehead atoms. The lowest BCUT2D eigenvalue weighted by molar-refractivity contribution is -0.121. The number of carbonyl (C=O) groups is 1. The lowest BCUT2D eigenvalue weighted by Crippen LogP contribution is -2.32. The van der Waals surface area contributed by atoms with Crippen LogP contribution in [0, 0.1) is 0 Å². The number of aromatic nitrogens is 2. The van der Waals surface area contributed by atoms with Crippen molar-refractivity contribution in [3.05, 3.63) is 32.1 Å². The zero-order chi connectivity index (χ0) is 12.4. The molecule has 1 aliphatic rings. The van der Waals surface area contributed by atoms with E-state index in [1.807, 2.05) is 0 Å². The van der Waals surface area contributed by atoms with Gasteiger partial charge in [-0.15, -0.1) is 0 Å². The predicted molar refractivity (Wildman–Crippen MR) is 62.1 cm³/mol. The fourth-order valence-corrected chi connectivity index (χ4v) is 1.56. The lowest BCUT2D eigenvalue weighted by Gasteiger charge is -2.05. The zero-order valence-electron chi connectivity index (χ0n) is 9.03. The fourth-order valence-electron chi connectivity index (χ4n) is 1.40. The summed E-state index contributed by atoms with van der Waals surface area (Å²) >= 11 is 5.59. The SMILES string of the molecule is O=C(CCn1cc(Cl)c(=O)[nH]c1=O)NC1CC1. The highest BCUT2D eigenvalue weighted by molar-refractivity contribution is 6.30. The number of aromatic amines is 1. The number of halogens is 1. The summed E-state index contributed by atoms with van der Waals surface area (Å²) in [5.41, 5.74) is -1.17. The van der Waals surface area contributed by atoms with Gasteiger partial charge in [0, 0.05) is 25.2 Å². The maximum absolute atomic E-state index is 11.4. The smallest absolute Gasteiger partial charge is 0.328 e. The van der Waals surface area contributed by atoms with Gasteiger partial charge in [-0.2, -0.15) is 0 Å². The van der Waals surface area contributed by atoms with Crippen LogP contribution in [0.3, 0.4) is 0 Å². The average Bonchev–Trinajstić information content (AvgIpc) is 3.05. The summed E-state index contributed by atoms with van der Waals surface area (Å²) in [7, 11) is 0. The lowest BCUT2D eigenvalue weighted by atomic mass is 10.4. The number of nitrogens with zero attached hydrogens (tertiary/aromatic N) is 1. The Morgan fingerprint density at radius 1 is 1.53 bits per heavy atom. The van der Waals surface area contributed by atoms with Gasteiger partial charge in [-0.1, -0.05) is 11.6 Å². The van der Waals surface area contributed by atoms with Crippen LogP contribution in [0.25, 0.3) is 0 Å². The van der Waals surface area contributed by atoms with E-state index >= 15 is 0 Å². The highest BCUT2D eigenvalue weighted by Crippen LogP contribution is 2.18. The molecule has 0 saturated heterocycles. The molecule has 17 heavy (non-hydrogen) atoms. The molecule has 0 aromatic carbocycles. The van der Waals surface area contributed by atoms with E-state index < -0.39 is 11.2 Å². The van der Waals surface area contributed by atoms with Gasteiger partial charge >= 0.3 is 5.69 Å². The normalized spacial score (nSPS) is 14.6. The molecule has 2 N–H and O–H groups in total. The van der Waals surface area contributed by atoms with Crippen LogP contribution >= 0.6 is 11.6 Å². The van der Waals surface area contributed by atoms with Crippen LogP contribution < -0.4 is 16.6 Å². The molecule has 1 amide bonds. The Kier molecular flexibility index (Phi) is 3.33. The third-order valence-corrected chi connectivity index (χ3v) is 2.76. The molecule has 1 aromatic rings. The number of amides is 1. The second-order valence-corrected chi connectivity index (χ2v) is 4.43. The van der Waals surface area contributed by atoms with E-state index in [-0.39, 0.29) is 23.9 Å². The topological polar surface area (TPSA) is 84.0 Å². The molecule has 1 aliphatic carbocycles. The van der Waals surface area contributed by atoms with E-state index in [1.54, 1.807) is 0 Å². The average molecular weight is 258 g/mol. The Balaban J connectivity index is 1.98. The third kappa shape index (κ3) is 3.20. The molecule has 7 heteroatoms. The number of rotatable bonds is 4. The summed E-state index contributed by atoms with van der Waals surface area (Å²) in [6.07, 6.45) is 3.48. The second-order valence-electron chi connectivity index (χ2n) is 4.02. The Morgan fingerprint density at radius 2 is 2.24 bits per heavy atom. The van der Waals surface area contributed by atoms with Gasteiger partial charge in [0.15, 0.2) is 0 Å². The molecule has 1 aromatic heterocycles. The van der Waals surface area contributed by atoms with E-state index in [4.69, 9.17) is 11.6 Å². The number of hydrogen-bond acceptors (Lipinski definition) is 3. The standard InChI is InChI=1S/C10H12ClN3O3/c11-7-5-14(10(17)13-9(7)16)4-3-8(15)12-6-1-2-6/h5-6H,1-4H2,(H,12,15)(H,13,16,17). The van der Waals surface area contributed by atoms with Crippen LogP contribution in [0.4, 0.5) is 0 Å². The largest absolute Gasteiger partial charge is 0.353 e. The van der Waals surface area contributed by atoms with Crippen molar-refractivity contribution >= 4 is 17.5 Å². The van der Waals surface area contributed by atoms with Crippen molar-refractivity contribution in [1.29, 1.82) is 0 Å². The minimum absolute atomic E-state index is 0.0628. The number of aryl methyl sites for hydroxylation is 1. The van der Waals surface area contributed by atoms with E-state index in [0.717, 1.165) is 12.8 Å². The summed E-state index contributed by atoms with van der Waals surface area (Å²) in [5, 5.41) is 2.75. The number of hydrogen-bond donors (Lipinski definition) is 2. The first-order valence-corrected chi connectivity index (χ1v) is 5.72. The van der Waals surface area contributed by atoms with Gasteiger partial charge < -0.3 is 5.32 Å². The number of H-pyrrole nitrogens is 1. The van der Waals surface area contributed by atoms with Crippen molar-refractivity contribution in [2.75, 3.05) is 0 Å². The first kappa shape index (κ1) is 11.9. The first-order valence-electron chi connectivity index (χ1n) is 5.35. The fraction of sp³-hybridized carbons (Fsp3) is 0.500. The van der Waals surface area contributed by atoms with Crippen LogP contribution in [0.2, 0.25) is 5.02 Å². The molecular weight excluding hydrogens is 246 g/mol. The molecule has 0 unspecified atom stereocenters. The Labute approximate surface area is 102 Å². The molecule has 0 aliphatic heterocycles. The van der Waals surface area contributed by atoms with E-state index in [9.17, 15) is 14.4 Å². The van der Waals surface area contributed by atoms with Crippen molar-refractivity contribution in [2.45, 2.75) is 31.8 Å². The van der Waals surface area contributed by atoms with Crippen molar-refractivity contribution in [3.63, 3.8) is 0 Å². The highest BCUT2D eigenvalue weighted by atomic mass is 35.5. The maximum Gasteiger partial charge on any atom is 0.328 e. The third-order valence-electron chi connectivity index (χ3n) is 2.49. The highest BCUT2D eigenvalue weighted by Gasteiger charge is 2.22. The van der Waals surface area contributed by atoms with Gasteiger partial charge in [-0.25, -0.2) is 4.79 Å². The van der Waals surface area contributed by atoms with Crippen LogP contribution in [0.1, 0.15) is 19.3 Å². The van der Waals surface area contributed by atoms with Crippen molar-refractivity contribution in [1.82, 2.24) is 14.9 Å². The second kappa shape index (κ2) is 4.75. The number of carbonyl (C=O) groups excluding carboxylic acids is 1. The van der Waals surface area contributed by atoms with Gasteiger partial charge in [0.2, 0.25) is 5.91 Å². The molecule has 1 saturated carbocycles. The van der Waals surface area contributed by atoms with Crippen LogP contribution in [0.15, 0.2) is 15.8 Å². The summed E-state index contributed by atoms with van der Waals surface area (Å²) in [6.45, 7) is 0.202. The van der Waals surface area contributed by atoms with E-state index in [1.165, 1.54) is 10.8 Å². The quantitative estimate of drug-likeness (QED) is 0.787. The molecule has 92 valence electrons. The van der Waals surface area contributed by atoms with Crippen molar-refractivity contribution in [2.24, 2.45) is 0 Å². The Morgan fingerprint density at radius 3 is 2.88 bits per heavy atom. The Hall–Kier alpha value is -1.56. The summed E-state index contributed by atoms with van der Waals surface area (Å²) in [4.78, 5) is 35.8. The minimum atomic E-state index is -0.615. The van der Waals surface area contributed by atoms with Gasteiger partial charge in [0.1, 0.15) is 5.02 Å². The molecular formula is C10H12ClN3O3. The van der Waals surface area contributed by atoms with E-state index in [0.29, 0.717) is 6.04 Å². The summed E-state index contributed by atoms with van der Waals surface area (Å²) in [5.74, 6) is -0.0956. The molecule has 0 atom stereocenters. The van der Waals surface area contributed by atoms with Crippen LogP contribution in [0.5, 0.6) is 0 Å². The van der Waals surface area contributed by atoms with Crippen LogP contribution in [-0.4, -0.2) is 21.5 Å². The Bertz CT molecular complexity index is 544. The molecule has 1 heterocycles. The molecule has 1 fully saturated rings. The van der Waals surface area contributed by atoms with Crippen molar-refractivity contribution in [3.8, 4) is 0 Å². The van der Waals surface area contributed by atoms with Gasteiger partial charge in [-0.05, 0) is 12.8 Å². The van der Waals surface area contributed by atoms with E-state index in [2.05, 4.69) is 10.3 Å². The van der Waals surface area contributed by atoms with Gasteiger partial charge in [-0.3, -0.25) is 19.1 Å². The van der Waals surface area contributed by atoms with Crippen LogP contribution in [-0.2, 0) is 11.3 Å². The summed E-state index contributed by atoms with van der Waals surface area (Å²) in [6, 6.07) is 0.304. The van der Waals surface area contributed by atoms with Gasteiger partial charge in [0.05, 0.1) is 0 Å². The molecule has 0 spiro atoms. The summed E-state index contributed by atoms with van der Waals surface area (Å²) < 4.78 is 1.22. The predicted octanol–water partition coefficient (Wildman–Crippen LogP) is -0.141. The van der Waals surface area contributed by atoms with Gasteiger partial charge in [0.25, 0.3) is 5.56 Å². The first-order chi connectivity index (χ1) is 8.06. The minimum Gasteiger partial charge on any atom is -0.353 e. The zero-order valence-corrected chi connectivity index (χ0v) is 9.79. The van der Waals surface area contributed by atoms with Crippen molar-refractivity contribution < 1.29 is 4.79 Å². The molecule has 0 radical (unpaired) electrons. The molecule has 2 rings (SSSR count). The monoisotopic (exact) mass is 257 g/mol. The number of nitrogens with one attached hydrogen (secondary N) is 2. The molecule has 6 nitrogen and oxygen atoms in total.